The van der Waals surface area contributed by atoms with Crippen molar-refractivity contribution in [1.29, 1.82) is 5.41 Å². The number of ether oxygens (including phenoxy) is 1. The van der Waals surface area contributed by atoms with E-state index in [9.17, 15) is 9.18 Å². The molecule has 35 heavy (non-hydrogen) atoms. The number of nitrogens with zero attached hydrogens (tertiary/aromatic N) is 4. The first kappa shape index (κ1) is 23.6. The fourth-order valence-electron chi connectivity index (χ4n) is 3.67. The van der Waals surface area contributed by atoms with Gasteiger partial charge in [0.05, 0.1) is 0 Å². The van der Waals surface area contributed by atoms with Gasteiger partial charge in [-0.2, -0.15) is 0 Å². The number of halogens is 1. The summed E-state index contributed by atoms with van der Waals surface area (Å²) < 4.78 is 19.4. The van der Waals surface area contributed by atoms with Gasteiger partial charge in [0.2, 0.25) is 0 Å². The van der Waals surface area contributed by atoms with Gasteiger partial charge >= 0.3 is 5.69 Å². The first-order valence-electron chi connectivity index (χ1n) is 10.8. The SMILES string of the molecule is C=Cc1cc(OCCF)cc(C(Cc2ccc(C(=N)N)cc2)c2nn(-c3ncccn3)c(=O)[nH]2)c1. The standard InChI is InChI=1S/C25H24FN7O2/c1-2-16-12-19(15-20(13-16)35-11-8-26)21(14-17-4-6-18(7-5-17)22(27)28)23-31-25(34)33(32-23)24-29-9-3-10-30-24/h2-7,9-10,12-13,15,21H,1,8,11,14H2,(H3,27,28)(H,31,32,34). The zero-order chi connectivity index (χ0) is 24.8. The third-order valence-electron chi connectivity index (χ3n) is 5.35. The molecule has 2 aromatic heterocycles. The van der Waals surface area contributed by atoms with E-state index in [1.807, 2.05) is 18.2 Å². The molecule has 0 amide bonds. The second-order valence-electron chi connectivity index (χ2n) is 7.72. The van der Waals surface area contributed by atoms with Crippen LogP contribution in [0.3, 0.4) is 0 Å². The van der Waals surface area contributed by atoms with E-state index in [0.29, 0.717) is 23.6 Å². The highest BCUT2D eigenvalue weighted by Crippen LogP contribution is 2.30. The number of alkyl halides is 1. The lowest BCUT2D eigenvalue weighted by Gasteiger charge is -2.17. The van der Waals surface area contributed by atoms with Gasteiger partial charge in [0.25, 0.3) is 5.95 Å². The van der Waals surface area contributed by atoms with Crippen LogP contribution in [0.5, 0.6) is 5.75 Å². The lowest BCUT2D eigenvalue weighted by molar-refractivity contribution is 0.273. The third kappa shape index (κ3) is 5.49. The minimum atomic E-state index is -0.617. The topological polar surface area (TPSA) is 136 Å². The monoisotopic (exact) mass is 473 g/mol. The Morgan fingerprint density at radius 1 is 1.23 bits per heavy atom. The number of aromatic nitrogens is 5. The number of nitrogen functional groups attached to an aromatic ring is 1. The van der Waals surface area contributed by atoms with Crippen LogP contribution in [0.1, 0.15) is 34.0 Å². The smallest absolute Gasteiger partial charge is 0.350 e. The van der Waals surface area contributed by atoms with E-state index < -0.39 is 18.3 Å². The van der Waals surface area contributed by atoms with Crippen molar-refractivity contribution in [2.45, 2.75) is 12.3 Å². The van der Waals surface area contributed by atoms with Gasteiger partial charge in [-0.15, -0.1) is 9.78 Å². The number of nitrogens with one attached hydrogen (secondary N) is 2. The van der Waals surface area contributed by atoms with E-state index >= 15 is 0 Å². The summed E-state index contributed by atoms with van der Waals surface area (Å²) in [6.07, 6.45) is 5.19. The Hall–Kier alpha value is -4.60. The van der Waals surface area contributed by atoms with Crippen LogP contribution < -0.4 is 16.2 Å². The fourth-order valence-corrected chi connectivity index (χ4v) is 3.67. The molecule has 0 aliphatic rings. The predicted octanol–water partition coefficient (Wildman–Crippen LogP) is 3.00. The molecule has 4 aromatic rings. The minimum absolute atomic E-state index is 0.0210. The van der Waals surface area contributed by atoms with Crippen molar-refractivity contribution in [3.8, 4) is 11.7 Å². The molecule has 2 aromatic carbocycles. The Morgan fingerprint density at radius 2 is 1.97 bits per heavy atom. The molecule has 0 fully saturated rings. The Balaban J connectivity index is 1.79. The molecule has 0 aliphatic heterocycles. The largest absolute Gasteiger partial charge is 0.491 e. The van der Waals surface area contributed by atoms with Crippen molar-refractivity contribution in [1.82, 2.24) is 24.7 Å². The van der Waals surface area contributed by atoms with Gasteiger partial charge in [-0.3, -0.25) is 10.4 Å². The molecule has 0 saturated heterocycles. The summed E-state index contributed by atoms with van der Waals surface area (Å²) in [5, 5.41) is 12.1. The van der Waals surface area contributed by atoms with E-state index in [1.165, 1.54) is 12.4 Å². The summed E-state index contributed by atoms with van der Waals surface area (Å²) in [4.78, 5) is 23.8. The zero-order valence-electron chi connectivity index (χ0n) is 18.8. The van der Waals surface area contributed by atoms with E-state index in [2.05, 4.69) is 26.6 Å². The molecular formula is C25H24FN7O2. The lowest BCUT2D eigenvalue weighted by Crippen LogP contribution is -2.18. The third-order valence-corrected chi connectivity index (χ3v) is 5.35. The zero-order valence-corrected chi connectivity index (χ0v) is 18.8. The molecule has 4 N–H and O–H groups in total. The maximum atomic E-state index is 12.7. The fraction of sp³-hybridized carbons (Fsp3) is 0.160. The molecule has 178 valence electrons. The van der Waals surface area contributed by atoms with E-state index in [4.69, 9.17) is 15.9 Å². The number of aromatic amines is 1. The van der Waals surface area contributed by atoms with Crippen LogP contribution in [-0.2, 0) is 6.42 Å². The molecule has 0 spiro atoms. The number of H-pyrrole nitrogens is 1. The van der Waals surface area contributed by atoms with Crippen LogP contribution >= 0.6 is 0 Å². The number of hydrogen-bond acceptors (Lipinski definition) is 6. The molecule has 4 rings (SSSR count). The van der Waals surface area contributed by atoms with Crippen LogP contribution in [-0.4, -0.2) is 43.8 Å². The Kier molecular flexibility index (Phi) is 7.10. The van der Waals surface area contributed by atoms with Crippen molar-refractivity contribution in [3.63, 3.8) is 0 Å². The number of amidine groups is 1. The second-order valence-corrected chi connectivity index (χ2v) is 7.72. The highest BCUT2D eigenvalue weighted by molar-refractivity contribution is 5.94. The van der Waals surface area contributed by atoms with E-state index in [-0.39, 0.29) is 18.4 Å². The van der Waals surface area contributed by atoms with Gasteiger partial charge in [-0.05, 0) is 41.3 Å². The highest BCUT2D eigenvalue weighted by atomic mass is 19.1. The van der Waals surface area contributed by atoms with Crippen molar-refractivity contribution >= 4 is 11.9 Å². The van der Waals surface area contributed by atoms with Gasteiger partial charge < -0.3 is 10.5 Å². The average Bonchev–Trinajstić information content (AvgIpc) is 3.27. The quantitative estimate of drug-likeness (QED) is 0.239. The first-order chi connectivity index (χ1) is 17.0. The molecule has 0 saturated carbocycles. The van der Waals surface area contributed by atoms with Crippen LogP contribution in [0.15, 0.2) is 72.3 Å². The lowest BCUT2D eigenvalue weighted by atomic mass is 9.89. The number of benzene rings is 2. The summed E-state index contributed by atoms with van der Waals surface area (Å²) in [7, 11) is 0. The maximum Gasteiger partial charge on any atom is 0.350 e. The molecule has 0 radical (unpaired) electrons. The normalized spacial score (nSPS) is 11.7. The number of nitrogens with two attached hydrogens (primary N) is 1. The molecule has 0 aliphatic carbocycles. The van der Waals surface area contributed by atoms with Gasteiger partial charge in [0, 0.05) is 23.9 Å². The minimum Gasteiger partial charge on any atom is -0.491 e. The second kappa shape index (κ2) is 10.6. The predicted molar refractivity (Wildman–Crippen MR) is 131 cm³/mol. The van der Waals surface area contributed by atoms with Crippen molar-refractivity contribution < 1.29 is 9.13 Å². The van der Waals surface area contributed by atoms with Gasteiger partial charge in [-0.25, -0.2) is 19.2 Å². The van der Waals surface area contributed by atoms with Gasteiger partial charge in [-0.1, -0.05) is 43.0 Å². The number of rotatable bonds is 10. The van der Waals surface area contributed by atoms with Crippen molar-refractivity contribution in [3.05, 3.63) is 106 Å². The summed E-state index contributed by atoms with van der Waals surface area (Å²) >= 11 is 0. The molecule has 2 heterocycles. The summed E-state index contributed by atoms with van der Waals surface area (Å²) in [5.74, 6) is 0.614. The van der Waals surface area contributed by atoms with Crippen LogP contribution in [0.25, 0.3) is 12.0 Å². The molecule has 1 unspecified atom stereocenters. The van der Waals surface area contributed by atoms with Crippen LogP contribution in [0, 0.1) is 5.41 Å². The summed E-state index contributed by atoms with van der Waals surface area (Å²) in [5.41, 5.74) is 8.22. The first-order valence-corrected chi connectivity index (χ1v) is 10.8. The van der Waals surface area contributed by atoms with Gasteiger partial charge in [0.15, 0.2) is 0 Å². The van der Waals surface area contributed by atoms with Crippen molar-refractivity contribution in [2.75, 3.05) is 13.3 Å². The Labute approximate surface area is 200 Å². The van der Waals surface area contributed by atoms with Gasteiger partial charge in [0.1, 0.15) is 30.7 Å². The molecule has 0 bridgehead atoms. The van der Waals surface area contributed by atoms with Crippen molar-refractivity contribution in [2.24, 2.45) is 5.73 Å². The summed E-state index contributed by atoms with van der Waals surface area (Å²) in [6, 6.07) is 14.4. The Bertz CT molecular complexity index is 1380. The Morgan fingerprint density at radius 3 is 2.63 bits per heavy atom. The maximum absolute atomic E-state index is 12.7. The van der Waals surface area contributed by atoms with Crippen LogP contribution in [0.4, 0.5) is 4.39 Å². The average molecular weight is 474 g/mol. The highest BCUT2D eigenvalue weighted by Gasteiger charge is 2.22. The van der Waals surface area contributed by atoms with Crippen LogP contribution in [0.2, 0.25) is 0 Å². The molecule has 10 heteroatoms. The number of hydrogen-bond donors (Lipinski definition) is 3. The summed E-state index contributed by atoms with van der Waals surface area (Å²) in [6.45, 7) is 3.15. The molecule has 1 atom stereocenters. The molecular weight excluding hydrogens is 449 g/mol. The molecule has 9 nitrogen and oxygen atoms in total. The van der Waals surface area contributed by atoms with E-state index in [1.54, 1.807) is 36.4 Å². The van der Waals surface area contributed by atoms with E-state index in [0.717, 1.165) is 21.4 Å².